The smallest absolute Gasteiger partial charge is 0.139 e. The van der Waals surface area contributed by atoms with Crippen LogP contribution >= 0.6 is 0 Å². The van der Waals surface area contributed by atoms with Crippen LogP contribution in [0, 0.1) is 28.6 Å². The SMILES string of the molecule is C[C@]12CCCCC1=CC[C@H]1[C@H]2CC[C@]2(C)C(=O)CC[C@H]12. The zero-order valence-electron chi connectivity index (χ0n) is 13.1. The molecule has 1 heteroatoms. The number of ketones is 1. The highest BCUT2D eigenvalue weighted by Gasteiger charge is 2.58. The van der Waals surface area contributed by atoms with E-state index in [9.17, 15) is 4.79 Å². The lowest BCUT2D eigenvalue weighted by Crippen LogP contribution is -2.49. The van der Waals surface area contributed by atoms with Crippen LogP contribution in [0.1, 0.15) is 71.6 Å². The summed E-state index contributed by atoms with van der Waals surface area (Å²) in [4.78, 5) is 12.4. The van der Waals surface area contributed by atoms with Gasteiger partial charge in [0.25, 0.3) is 0 Å². The summed E-state index contributed by atoms with van der Waals surface area (Å²) in [6, 6.07) is 0. The second kappa shape index (κ2) is 4.21. The van der Waals surface area contributed by atoms with Gasteiger partial charge in [-0.15, -0.1) is 0 Å². The van der Waals surface area contributed by atoms with E-state index in [2.05, 4.69) is 19.9 Å². The van der Waals surface area contributed by atoms with Crippen molar-refractivity contribution in [1.82, 2.24) is 0 Å². The number of carbonyl (C=O) groups excluding carboxylic acids is 1. The fourth-order valence-electron chi connectivity index (χ4n) is 6.47. The van der Waals surface area contributed by atoms with E-state index in [0.717, 1.165) is 18.3 Å². The number of hydrogen-bond donors (Lipinski definition) is 0. The van der Waals surface area contributed by atoms with Crippen LogP contribution in [-0.4, -0.2) is 5.78 Å². The molecule has 0 aromatic heterocycles. The predicted octanol–water partition coefficient (Wildman–Crippen LogP) is 4.91. The van der Waals surface area contributed by atoms with Crippen LogP contribution in [0.15, 0.2) is 11.6 Å². The number of Topliss-reactive ketones (excluding diaryl/α,β-unsaturated/α-hetero) is 1. The van der Waals surface area contributed by atoms with E-state index in [-0.39, 0.29) is 5.41 Å². The van der Waals surface area contributed by atoms with Crippen LogP contribution in [0.5, 0.6) is 0 Å². The third-order valence-electron chi connectivity index (χ3n) is 7.73. The van der Waals surface area contributed by atoms with Crippen molar-refractivity contribution in [3.63, 3.8) is 0 Å². The van der Waals surface area contributed by atoms with Gasteiger partial charge in [-0.1, -0.05) is 31.9 Å². The summed E-state index contributed by atoms with van der Waals surface area (Å²) in [6.45, 7) is 4.83. The summed E-state index contributed by atoms with van der Waals surface area (Å²) in [5.41, 5.74) is 2.30. The van der Waals surface area contributed by atoms with E-state index < -0.39 is 0 Å². The zero-order valence-corrected chi connectivity index (χ0v) is 13.1. The maximum Gasteiger partial charge on any atom is 0.139 e. The minimum atomic E-state index is 0.0392. The van der Waals surface area contributed by atoms with E-state index in [1.54, 1.807) is 5.57 Å². The first-order valence-electron chi connectivity index (χ1n) is 8.78. The molecule has 4 rings (SSSR count). The number of allylic oxidation sites excluding steroid dienone is 2. The Bertz CT molecular complexity index is 476. The molecule has 0 amide bonds. The van der Waals surface area contributed by atoms with Crippen LogP contribution < -0.4 is 0 Å². The van der Waals surface area contributed by atoms with Crippen molar-refractivity contribution in [1.29, 1.82) is 0 Å². The number of carbonyl (C=O) groups is 1. The van der Waals surface area contributed by atoms with Gasteiger partial charge in [0.05, 0.1) is 0 Å². The van der Waals surface area contributed by atoms with Crippen molar-refractivity contribution >= 4 is 5.78 Å². The molecule has 0 N–H and O–H groups in total. The highest BCUT2D eigenvalue weighted by molar-refractivity contribution is 5.87. The lowest BCUT2D eigenvalue weighted by Gasteiger charge is -2.56. The van der Waals surface area contributed by atoms with Crippen molar-refractivity contribution in [2.24, 2.45) is 28.6 Å². The van der Waals surface area contributed by atoms with Crippen LogP contribution in [0.2, 0.25) is 0 Å². The van der Waals surface area contributed by atoms with Gasteiger partial charge in [0, 0.05) is 11.8 Å². The molecule has 4 aliphatic rings. The summed E-state index contributed by atoms with van der Waals surface area (Å²) in [5.74, 6) is 2.92. The Balaban J connectivity index is 1.71. The fraction of sp³-hybridized carbons (Fsp3) is 0.842. The van der Waals surface area contributed by atoms with E-state index >= 15 is 0 Å². The monoisotopic (exact) mass is 272 g/mol. The molecule has 5 atom stereocenters. The maximum absolute atomic E-state index is 12.4. The molecule has 0 radical (unpaired) electrons. The highest BCUT2D eigenvalue weighted by atomic mass is 16.1. The van der Waals surface area contributed by atoms with Crippen LogP contribution in [-0.2, 0) is 4.79 Å². The van der Waals surface area contributed by atoms with Crippen LogP contribution in [0.4, 0.5) is 0 Å². The molecule has 0 aromatic rings. The molecule has 4 aliphatic carbocycles. The Kier molecular flexibility index (Phi) is 2.76. The van der Waals surface area contributed by atoms with E-state index in [1.165, 1.54) is 51.4 Å². The summed E-state index contributed by atoms with van der Waals surface area (Å²) in [7, 11) is 0. The van der Waals surface area contributed by atoms with Gasteiger partial charge in [-0.2, -0.15) is 0 Å². The molecule has 0 saturated heterocycles. The molecule has 0 unspecified atom stereocenters. The zero-order chi connectivity index (χ0) is 14.0. The maximum atomic E-state index is 12.4. The summed E-state index contributed by atoms with van der Waals surface area (Å²) in [5, 5.41) is 0. The molecule has 110 valence electrons. The third-order valence-corrected chi connectivity index (χ3v) is 7.73. The average Bonchev–Trinajstić information content (AvgIpc) is 2.74. The molecule has 0 bridgehead atoms. The quantitative estimate of drug-likeness (QED) is 0.573. The Hall–Kier alpha value is -0.590. The molecule has 3 fully saturated rings. The molecular formula is C19H28O. The molecule has 0 aliphatic heterocycles. The third kappa shape index (κ3) is 1.53. The van der Waals surface area contributed by atoms with Crippen molar-refractivity contribution < 1.29 is 4.79 Å². The predicted molar refractivity (Wildman–Crippen MR) is 81.3 cm³/mol. The Morgan fingerprint density at radius 2 is 1.80 bits per heavy atom. The second-order valence-corrected chi connectivity index (χ2v) is 8.38. The Morgan fingerprint density at radius 3 is 2.65 bits per heavy atom. The number of fused-ring (bicyclic) bond motifs is 5. The van der Waals surface area contributed by atoms with Gasteiger partial charge in [-0.3, -0.25) is 4.79 Å². The van der Waals surface area contributed by atoms with Crippen molar-refractivity contribution in [3.8, 4) is 0 Å². The van der Waals surface area contributed by atoms with E-state index in [4.69, 9.17) is 0 Å². The first-order chi connectivity index (χ1) is 9.56. The first kappa shape index (κ1) is 13.1. The van der Waals surface area contributed by atoms with Gasteiger partial charge in [0.15, 0.2) is 0 Å². The van der Waals surface area contributed by atoms with E-state index in [0.29, 0.717) is 17.1 Å². The highest BCUT2D eigenvalue weighted by Crippen LogP contribution is 2.63. The molecular weight excluding hydrogens is 244 g/mol. The molecule has 1 nitrogen and oxygen atoms in total. The summed E-state index contributed by atoms with van der Waals surface area (Å²) >= 11 is 0. The van der Waals surface area contributed by atoms with Gasteiger partial charge < -0.3 is 0 Å². The molecule has 0 spiro atoms. The van der Waals surface area contributed by atoms with Crippen LogP contribution in [0.25, 0.3) is 0 Å². The van der Waals surface area contributed by atoms with Crippen molar-refractivity contribution in [3.05, 3.63) is 11.6 Å². The van der Waals surface area contributed by atoms with Gasteiger partial charge in [-0.25, -0.2) is 0 Å². The average molecular weight is 272 g/mol. The molecule has 20 heavy (non-hydrogen) atoms. The van der Waals surface area contributed by atoms with Gasteiger partial charge in [0.2, 0.25) is 0 Å². The Labute approximate surface area is 123 Å². The Morgan fingerprint density at radius 1 is 1.00 bits per heavy atom. The van der Waals surface area contributed by atoms with Crippen molar-refractivity contribution in [2.75, 3.05) is 0 Å². The fourth-order valence-corrected chi connectivity index (χ4v) is 6.47. The second-order valence-electron chi connectivity index (χ2n) is 8.38. The number of rotatable bonds is 0. The standard InChI is InChI=1S/C19H28O/c1-18-11-4-3-5-13(18)6-7-14-15-8-9-17(20)19(15,2)12-10-16(14)18/h6,14-16H,3-5,7-12H2,1-2H3/t14-,15-,16-,18+,19+/m1/s1. The number of hydrogen-bond acceptors (Lipinski definition) is 1. The van der Waals surface area contributed by atoms with Gasteiger partial charge >= 0.3 is 0 Å². The summed E-state index contributed by atoms with van der Waals surface area (Å²) in [6.07, 6.45) is 13.9. The molecule has 0 aromatic carbocycles. The topological polar surface area (TPSA) is 17.1 Å². The largest absolute Gasteiger partial charge is 0.299 e. The minimum absolute atomic E-state index is 0.0392. The van der Waals surface area contributed by atoms with Gasteiger partial charge in [-0.05, 0) is 68.1 Å². The molecule has 0 heterocycles. The summed E-state index contributed by atoms with van der Waals surface area (Å²) < 4.78 is 0. The normalized spacial score (nSPS) is 51.0. The van der Waals surface area contributed by atoms with Crippen molar-refractivity contribution in [2.45, 2.75) is 71.6 Å². The van der Waals surface area contributed by atoms with Gasteiger partial charge in [0.1, 0.15) is 5.78 Å². The van der Waals surface area contributed by atoms with E-state index in [1.807, 2.05) is 0 Å². The lowest BCUT2D eigenvalue weighted by molar-refractivity contribution is -0.131. The first-order valence-corrected chi connectivity index (χ1v) is 8.78. The lowest BCUT2D eigenvalue weighted by atomic mass is 9.48. The molecule has 3 saturated carbocycles. The van der Waals surface area contributed by atoms with Crippen LogP contribution in [0.3, 0.4) is 0 Å². The minimum Gasteiger partial charge on any atom is -0.299 e.